The number of aromatic nitrogens is 6. The predicted octanol–water partition coefficient (Wildman–Crippen LogP) is 5.50. The Hall–Kier alpha value is -6.42. The molecule has 3 fully saturated rings. The number of piperazine rings is 1. The molecule has 67 heavy (non-hydrogen) atoms. The lowest BCUT2D eigenvalue weighted by Gasteiger charge is -2.43. The molecule has 3 aliphatic heterocycles. The summed E-state index contributed by atoms with van der Waals surface area (Å²) in [6.45, 7) is 6.93. The van der Waals surface area contributed by atoms with Crippen molar-refractivity contribution in [2.45, 2.75) is 44.2 Å². The minimum atomic E-state index is -3.67. The number of piperidine rings is 2. The molecule has 21 heteroatoms. The highest BCUT2D eigenvalue weighted by Crippen LogP contribution is 2.42. The molecule has 2 amide bonds. The van der Waals surface area contributed by atoms with Gasteiger partial charge in [0.25, 0.3) is 0 Å². The predicted molar refractivity (Wildman–Crippen MR) is 263 cm³/mol. The van der Waals surface area contributed by atoms with Gasteiger partial charge in [-0.1, -0.05) is 12.1 Å². The minimum Gasteiger partial charge on any atom is -0.494 e. The molecule has 9 rings (SSSR count). The van der Waals surface area contributed by atoms with E-state index in [1.807, 2.05) is 31.6 Å². The van der Waals surface area contributed by atoms with Crippen LogP contribution in [0.4, 0.5) is 40.2 Å². The van der Waals surface area contributed by atoms with Gasteiger partial charge in [0.1, 0.15) is 23.1 Å². The molecule has 1 atom stereocenters. The highest BCUT2D eigenvalue weighted by atomic mass is 79.9. The minimum absolute atomic E-state index is 0.212. The number of carbonyl (C=O) groups is 2. The summed E-state index contributed by atoms with van der Waals surface area (Å²) in [5, 5.41) is 16.8. The molecule has 0 aliphatic carbocycles. The van der Waals surface area contributed by atoms with E-state index >= 15 is 0 Å². The van der Waals surface area contributed by atoms with Crippen LogP contribution in [0.1, 0.15) is 31.2 Å². The van der Waals surface area contributed by atoms with Gasteiger partial charge in [0.05, 0.1) is 46.6 Å². The normalized spacial score (nSPS) is 17.6. The van der Waals surface area contributed by atoms with E-state index in [9.17, 15) is 18.0 Å². The molecule has 5 N–H and O–H groups in total. The second kappa shape index (κ2) is 19.8. The summed E-state index contributed by atoms with van der Waals surface area (Å²) in [6.07, 6.45) is 13.5. The fourth-order valence-electron chi connectivity index (χ4n) is 8.99. The Balaban J connectivity index is 0.838. The number of methoxy groups -OCH3 is 1. The van der Waals surface area contributed by atoms with Crippen LogP contribution < -0.4 is 35.6 Å². The zero-order valence-electron chi connectivity index (χ0n) is 37.5. The second-order valence-corrected chi connectivity index (χ2v) is 19.7. The molecule has 3 aliphatic rings. The van der Waals surface area contributed by atoms with Crippen LogP contribution in [0.3, 0.4) is 0 Å². The molecule has 0 unspecified atom stereocenters. The quantitative estimate of drug-likeness (QED) is 0.0804. The monoisotopic (exact) mass is 992 g/mol. The van der Waals surface area contributed by atoms with Gasteiger partial charge in [-0.05, 0) is 77.5 Å². The Morgan fingerprint density at radius 2 is 1.67 bits per heavy atom. The number of ether oxygens (including phenoxy) is 1. The molecule has 3 saturated heterocycles. The van der Waals surface area contributed by atoms with Gasteiger partial charge in [-0.25, -0.2) is 13.4 Å². The van der Waals surface area contributed by atoms with Crippen LogP contribution in [0, 0.1) is 0 Å². The van der Waals surface area contributed by atoms with Gasteiger partial charge in [0.15, 0.2) is 0 Å². The van der Waals surface area contributed by atoms with Gasteiger partial charge in [0, 0.05) is 119 Å². The Morgan fingerprint density at radius 3 is 2.39 bits per heavy atom. The van der Waals surface area contributed by atoms with Gasteiger partial charge in [-0.15, -0.1) is 0 Å². The lowest BCUT2D eigenvalue weighted by molar-refractivity contribution is -0.133. The lowest BCUT2D eigenvalue weighted by Crippen LogP contribution is -2.53. The van der Waals surface area contributed by atoms with E-state index in [1.165, 1.54) is 11.8 Å². The van der Waals surface area contributed by atoms with Crippen molar-refractivity contribution in [3.63, 3.8) is 0 Å². The SMILES string of the molecule is COc1cc(N2CCC(N3CCN(CCc4ccc(N[C@H]5CCC(=O)NC5=O)cc4)CC3)CC2)c(-c2cnn(C)c2)cc1Nc1ncc(Br)c(Nc2ccc3nccnc3c2NS(C)(=O)=O)n1. The van der Waals surface area contributed by atoms with Gasteiger partial charge >= 0.3 is 0 Å². The second-order valence-electron chi connectivity index (χ2n) is 17.1. The first kappa shape index (κ1) is 45.7. The Kier molecular flexibility index (Phi) is 13.5. The van der Waals surface area contributed by atoms with Crippen LogP contribution in [0.2, 0.25) is 0 Å². The van der Waals surface area contributed by atoms with Crippen LogP contribution in [-0.2, 0) is 33.1 Å². The van der Waals surface area contributed by atoms with Crippen molar-refractivity contribution in [3.05, 3.63) is 89.6 Å². The zero-order valence-corrected chi connectivity index (χ0v) is 39.9. The number of imide groups is 1. The molecule has 6 aromatic rings. The van der Waals surface area contributed by atoms with Crippen molar-refractivity contribution < 1.29 is 22.7 Å². The zero-order chi connectivity index (χ0) is 46.7. The summed E-state index contributed by atoms with van der Waals surface area (Å²) in [7, 11) is -0.114. The summed E-state index contributed by atoms with van der Waals surface area (Å²) in [6, 6.07) is 16.0. The molecule has 3 aromatic carbocycles. The van der Waals surface area contributed by atoms with E-state index in [0.29, 0.717) is 57.3 Å². The smallest absolute Gasteiger partial charge is 0.249 e. The summed E-state index contributed by atoms with van der Waals surface area (Å²) >= 11 is 3.55. The van der Waals surface area contributed by atoms with Crippen molar-refractivity contribution in [2.75, 3.05) is 84.8 Å². The third-order valence-corrected chi connectivity index (χ3v) is 13.6. The Labute approximate surface area is 397 Å². The van der Waals surface area contributed by atoms with E-state index in [0.717, 1.165) is 93.8 Å². The molecular formula is C46H53BrN14O5S. The molecule has 0 bridgehead atoms. The van der Waals surface area contributed by atoms with E-state index in [4.69, 9.17) is 9.72 Å². The number of sulfonamides is 1. The molecule has 0 radical (unpaired) electrons. The first-order valence-corrected chi connectivity index (χ1v) is 24.9. The van der Waals surface area contributed by atoms with Gasteiger partial charge in [0.2, 0.25) is 27.8 Å². The fraction of sp³-hybridized carbons (Fsp3) is 0.370. The van der Waals surface area contributed by atoms with Crippen LogP contribution in [0.15, 0.2) is 84.0 Å². The number of amides is 2. The molecule has 19 nitrogen and oxygen atoms in total. The number of fused-ring (bicyclic) bond motifs is 1. The first-order valence-electron chi connectivity index (χ1n) is 22.3. The van der Waals surface area contributed by atoms with Crippen molar-refractivity contribution >= 4 is 89.0 Å². The first-order chi connectivity index (χ1) is 32.3. The maximum Gasteiger partial charge on any atom is 0.249 e. The van der Waals surface area contributed by atoms with Crippen LogP contribution in [0.25, 0.3) is 22.2 Å². The molecule has 6 heterocycles. The number of halogens is 1. The van der Waals surface area contributed by atoms with Crippen molar-refractivity contribution in [2.24, 2.45) is 7.05 Å². The van der Waals surface area contributed by atoms with E-state index in [-0.39, 0.29) is 29.5 Å². The van der Waals surface area contributed by atoms with Gasteiger partial charge in [-0.2, -0.15) is 10.1 Å². The number of rotatable bonds is 15. The fourth-order valence-corrected chi connectivity index (χ4v) is 9.86. The van der Waals surface area contributed by atoms with Gasteiger partial charge < -0.3 is 30.5 Å². The standard InChI is InChI=1S/C46H53BrN14O5S/c1-58-28-30(26-51-58)33-24-38(54-46-50-27-34(47)44(56-46)53-36-9-8-35-42(49-16-15-48-35)43(36)57-67(3,64)65)40(66-2)25-39(33)61-18-13-32(14-19-61)60-22-20-59(21-23-60)17-12-29-4-6-31(7-5-29)52-37-10-11-41(62)55-45(37)63/h4-9,15-16,24-28,32,37,52,57H,10-14,17-23H2,1-3H3,(H,55,62,63)(H2,50,53,54,56)/t37-/m0/s1. The van der Waals surface area contributed by atoms with Gasteiger partial charge in [-0.3, -0.25) is 39.2 Å². The van der Waals surface area contributed by atoms with Crippen molar-refractivity contribution in [3.8, 4) is 16.9 Å². The largest absolute Gasteiger partial charge is 0.494 e. The van der Waals surface area contributed by atoms with E-state index < -0.39 is 10.0 Å². The average molecular weight is 994 g/mol. The molecule has 3 aromatic heterocycles. The Morgan fingerprint density at radius 1 is 0.896 bits per heavy atom. The Bertz CT molecular complexity index is 2880. The molecule has 0 saturated carbocycles. The highest BCUT2D eigenvalue weighted by Gasteiger charge is 2.30. The lowest BCUT2D eigenvalue weighted by atomic mass is 9.98. The van der Waals surface area contributed by atoms with Crippen LogP contribution in [-0.4, -0.2) is 131 Å². The maximum absolute atomic E-state index is 12.4. The maximum atomic E-state index is 12.4. The highest BCUT2D eigenvalue weighted by molar-refractivity contribution is 9.10. The molecule has 350 valence electrons. The summed E-state index contributed by atoms with van der Waals surface area (Å²) in [5.41, 5.74) is 7.39. The average Bonchev–Trinajstić information content (AvgIpc) is 3.77. The van der Waals surface area contributed by atoms with E-state index in [1.54, 1.807) is 36.3 Å². The number of benzene rings is 3. The number of anilines is 7. The van der Waals surface area contributed by atoms with E-state index in [2.05, 4.69) is 101 Å². The van der Waals surface area contributed by atoms with Crippen molar-refractivity contribution in [1.29, 1.82) is 0 Å². The van der Waals surface area contributed by atoms with Crippen LogP contribution in [0.5, 0.6) is 5.75 Å². The molecular weight excluding hydrogens is 941 g/mol. The van der Waals surface area contributed by atoms with Crippen LogP contribution >= 0.6 is 15.9 Å². The number of nitrogens with one attached hydrogen (secondary N) is 5. The number of hydrogen-bond donors (Lipinski definition) is 5. The number of aryl methyl sites for hydroxylation is 1. The summed E-state index contributed by atoms with van der Waals surface area (Å²) in [4.78, 5) is 49.4. The summed E-state index contributed by atoms with van der Waals surface area (Å²) in [5.74, 6) is 0.809. The number of carbonyl (C=O) groups excluding carboxylic acids is 2. The topological polar surface area (TPSA) is 217 Å². The molecule has 0 spiro atoms. The summed E-state index contributed by atoms with van der Waals surface area (Å²) < 4.78 is 35.8. The van der Waals surface area contributed by atoms with Crippen molar-refractivity contribution in [1.82, 2.24) is 44.8 Å². The number of nitrogens with zero attached hydrogens (tertiary/aromatic N) is 9. The third kappa shape index (κ3) is 10.9. The third-order valence-electron chi connectivity index (χ3n) is 12.5. The number of hydrogen-bond acceptors (Lipinski definition) is 16.